The number of aromatic nitrogens is 2. The number of alkyl halides is 3. The van der Waals surface area contributed by atoms with E-state index in [1.54, 1.807) is 0 Å². The third kappa shape index (κ3) is 4.57. The van der Waals surface area contributed by atoms with Crippen LogP contribution in [0, 0.1) is 5.92 Å². The molecule has 1 aromatic rings. The third-order valence-electron chi connectivity index (χ3n) is 2.70. The lowest BCUT2D eigenvalue weighted by Crippen LogP contribution is -2.32. The molecule has 7 heteroatoms. The SMILES string of the molecule is CC(C)CCNC(=O)C(C)n1ccc(C(F)(F)F)n1. The van der Waals surface area contributed by atoms with Crippen molar-refractivity contribution in [2.45, 2.75) is 39.4 Å². The van der Waals surface area contributed by atoms with E-state index >= 15 is 0 Å². The van der Waals surface area contributed by atoms with Crippen LogP contribution in [-0.4, -0.2) is 22.2 Å². The molecular formula is C12H18F3N3O. The molecule has 0 radical (unpaired) electrons. The minimum atomic E-state index is -4.49. The van der Waals surface area contributed by atoms with Crippen LogP contribution in [0.3, 0.4) is 0 Å². The lowest BCUT2D eigenvalue weighted by molar-refractivity contribution is -0.142. The van der Waals surface area contributed by atoms with Crippen molar-refractivity contribution >= 4 is 5.91 Å². The van der Waals surface area contributed by atoms with Crippen molar-refractivity contribution in [3.05, 3.63) is 18.0 Å². The highest BCUT2D eigenvalue weighted by Crippen LogP contribution is 2.27. The summed E-state index contributed by atoms with van der Waals surface area (Å²) in [5.41, 5.74) is -0.991. The van der Waals surface area contributed by atoms with Crippen molar-refractivity contribution in [3.8, 4) is 0 Å². The molecule has 0 saturated heterocycles. The minimum absolute atomic E-state index is 0.336. The molecule has 19 heavy (non-hydrogen) atoms. The van der Waals surface area contributed by atoms with E-state index in [4.69, 9.17) is 0 Å². The van der Waals surface area contributed by atoms with E-state index in [0.717, 1.165) is 23.4 Å². The lowest BCUT2D eigenvalue weighted by atomic mass is 10.1. The van der Waals surface area contributed by atoms with Gasteiger partial charge in [-0.1, -0.05) is 13.8 Å². The van der Waals surface area contributed by atoms with Crippen LogP contribution in [-0.2, 0) is 11.0 Å². The smallest absolute Gasteiger partial charge is 0.354 e. The van der Waals surface area contributed by atoms with Gasteiger partial charge in [0.2, 0.25) is 5.91 Å². The van der Waals surface area contributed by atoms with Crippen LogP contribution in [0.1, 0.15) is 38.9 Å². The molecule has 1 aromatic heterocycles. The van der Waals surface area contributed by atoms with Gasteiger partial charge in [0.25, 0.3) is 0 Å². The molecule has 0 saturated carbocycles. The van der Waals surface area contributed by atoms with Gasteiger partial charge in [-0.05, 0) is 25.3 Å². The molecule has 0 aromatic carbocycles. The second-order valence-corrected chi connectivity index (χ2v) is 4.83. The maximum Gasteiger partial charge on any atom is 0.435 e. The number of hydrogen-bond acceptors (Lipinski definition) is 2. The Labute approximate surface area is 110 Å². The molecule has 0 bridgehead atoms. The molecule has 1 N–H and O–H groups in total. The zero-order valence-electron chi connectivity index (χ0n) is 11.2. The number of carbonyl (C=O) groups is 1. The molecule has 4 nitrogen and oxygen atoms in total. The van der Waals surface area contributed by atoms with E-state index in [-0.39, 0.29) is 5.91 Å². The maximum atomic E-state index is 12.4. The molecule has 1 atom stereocenters. The molecule has 108 valence electrons. The highest BCUT2D eigenvalue weighted by Gasteiger charge is 2.34. The molecule has 0 aliphatic rings. The second-order valence-electron chi connectivity index (χ2n) is 4.83. The van der Waals surface area contributed by atoms with E-state index in [2.05, 4.69) is 10.4 Å². The summed E-state index contributed by atoms with van der Waals surface area (Å²) >= 11 is 0. The fourth-order valence-electron chi connectivity index (χ4n) is 1.46. The number of hydrogen-bond donors (Lipinski definition) is 1. The third-order valence-corrected chi connectivity index (χ3v) is 2.70. The molecule has 1 heterocycles. The predicted octanol–water partition coefficient (Wildman–Crippen LogP) is 2.63. The Morgan fingerprint density at radius 2 is 2.05 bits per heavy atom. The zero-order chi connectivity index (χ0) is 14.6. The minimum Gasteiger partial charge on any atom is -0.354 e. The highest BCUT2D eigenvalue weighted by molar-refractivity contribution is 5.79. The molecule has 0 aliphatic carbocycles. The average molecular weight is 277 g/mol. The number of carbonyl (C=O) groups excluding carboxylic acids is 1. The Bertz CT molecular complexity index is 426. The van der Waals surface area contributed by atoms with Gasteiger partial charge >= 0.3 is 6.18 Å². The van der Waals surface area contributed by atoms with E-state index < -0.39 is 17.9 Å². The first-order chi connectivity index (χ1) is 8.71. The summed E-state index contributed by atoms with van der Waals surface area (Å²) in [6.45, 7) is 6.07. The van der Waals surface area contributed by atoms with E-state index in [1.165, 1.54) is 6.92 Å². The van der Waals surface area contributed by atoms with Gasteiger partial charge < -0.3 is 5.32 Å². The van der Waals surface area contributed by atoms with Crippen LogP contribution in [0.25, 0.3) is 0 Å². The Morgan fingerprint density at radius 3 is 2.53 bits per heavy atom. The van der Waals surface area contributed by atoms with Crippen molar-refractivity contribution in [1.82, 2.24) is 15.1 Å². The van der Waals surface area contributed by atoms with Gasteiger partial charge in [0.05, 0.1) is 0 Å². The Morgan fingerprint density at radius 1 is 1.42 bits per heavy atom. The molecule has 1 rings (SSSR count). The van der Waals surface area contributed by atoms with Crippen LogP contribution in [0.15, 0.2) is 12.3 Å². The van der Waals surface area contributed by atoms with Gasteiger partial charge in [0, 0.05) is 12.7 Å². The molecule has 1 amide bonds. The largest absolute Gasteiger partial charge is 0.435 e. The molecule has 0 spiro atoms. The molecule has 0 fully saturated rings. The van der Waals surface area contributed by atoms with Crippen LogP contribution in [0.4, 0.5) is 13.2 Å². The first-order valence-electron chi connectivity index (χ1n) is 6.12. The number of nitrogens with one attached hydrogen (secondary N) is 1. The van der Waals surface area contributed by atoms with Gasteiger partial charge in [0.1, 0.15) is 6.04 Å². The summed E-state index contributed by atoms with van der Waals surface area (Å²) in [5, 5.41) is 6.06. The number of halogens is 3. The van der Waals surface area contributed by atoms with E-state index in [9.17, 15) is 18.0 Å². The monoisotopic (exact) mass is 277 g/mol. The fourth-order valence-corrected chi connectivity index (χ4v) is 1.46. The Balaban J connectivity index is 2.59. The first-order valence-corrected chi connectivity index (χ1v) is 6.12. The van der Waals surface area contributed by atoms with Crippen molar-refractivity contribution in [1.29, 1.82) is 0 Å². The lowest BCUT2D eigenvalue weighted by Gasteiger charge is -2.13. The zero-order valence-corrected chi connectivity index (χ0v) is 11.2. The first kappa shape index (κ1) is 15.5. The molecule has 0 aliphatic heterocycles. The number of amides is 1. The summed E-state index contributed by atoms with van der Waals surface area (Å²) in [7, 11) is 0. The van der Waals surface area contributed by atoms with Crippen LogP contribution in [0.2, 0.25) is 0 Å². The summed E-state index contributed by atoms with van der Waals surface area (Å²) in [6, 6.07) is 0.0982. The second kappa shape index (κ2) is 6.08. The Kier molecular flexibility index (Phi) is 4.97. The number of rotatable bonds is 5. The van der Waals surface area contributed by atoms with Gasteiger partial charge in [0.15, 0.2) is 5.69 Å². The van der Waals surface area contributed by atoms with Gasteiger partial charge in [-0.25, -0.2) is 0 Å². The average Bonchev–Trinajstić information content (AvgIpc) is 2.76. The van der Waals surface area contributed by atoms with E-state index in [0.29, 0.717) is 12.5 Å². The van der Waals surface area contributed by atoms with E-state index in [1.807, 2.05) is 13.8 Å². The summed E-state index contributed by atoms with van der Waals surface area (Å²) in [5.74, 6) is 0.120. The highest BCUT2D eigenvalue weighted by atomic mass is 19.4. The van der Waals surface area contributed by atoms with Crippen LogP contribution in [0.5, 0.6) is 0 Å². The molecule has 1 unspecified atom stereocenters. The van der Waals surface area contributed by atoms with Crippen molar-refractivity contribution < 1.29 is 18.0 Å². The predicted molar refractivity (Wildman–Crippen MR) is 64.4 cm³/mol. The Hall–Kier alpha value is -1.53. The normalized spacial score (nSPS) is 13.6. The summed E-state index contributed by atoms with van der Waals surface area (Å²) in [4.78, 5) is 11.7. The summed E-state index contributed by atoms with van der Waals surface area (Å²) in [6.07, 6.45) is -2.50. The quantitative estimate of drug-likeness (QED) is 0.899. The van der Waals surface area contributed by atoms with Gasteiger partial charge in [-0.15, -0.1) is 0 Å². The fraction of sp³-hybridized carbons (Fsp3) is 0.667. The topological polar surface area (TPSA) is 46.9 Å². The van der Waals surface area contributed by atoms with Gasteiger partial charge in [-0.2, -0.15) is 18.3 Å². The number of nitrogens with zero attached hydrogens (tertiary/aromatic N) is 2. The van der Waals surface area contributed by atoms with Crippen LogP contribution >= 0.6 is 0 Å². The van der Waals surface area contributed by atoms with Crippen molar-refractivity contribution in [3.63, 3.8) is 0 Å². The van der Waals surface area contributed by atoms with Gasteiger partial charge in [-0.3, -0.25) is 9.48 Å². The van der Waals surface area contributed by atoms with Crippen LogP contribution < -0.4 is 5.32 Å². The standard InChI is InChI=1S/C12H18F3N3O/c1-8(2)4-6-16-11(19)9(3)18-7-5-10(17-18)12(13,14)15/h5,7-9H,4,6H2,1-3H3,(H,16,19). The maximum absolute atomic E-state index is 12.4. The van der Waals surface area contributed by atoms with Crippen molar-refractivity contribution in [2.75, 3.05) is 6.54 Å². The van der Waals surface area contributed by atoms with Crippen molar-refractivity contribution in [2.24, 2.45) is 5.92 Å². The molecular weight excluding hydrogens is 259 g/mol. The summed E-state index contributed by atoms with van der Waals surface area (Å²) < 4.78 is 38.2.